The number of nitrogens with one attached hydrogen (secondary N) is 2. The summed E-state index contributed by atoms with van der Waals surface area (Å²) in [6.45, 7) is 6.39. The first-order chi connectivity index (χ1) is 12.6. The van der Waals surface area contributed by atoms with Crippen LogP contribution in [0.4, 0.5) is 4.79 Å². The molecular formula is C20H36N4O2. The van der Waals surface area contributed by atoms with E-state index in [1.165, 1.54) is 25.7 Å². The van der Waals surface area contributed by atoms with Crippen LogP contribution in [0.2, 0.25) is 0 Å². The van der Waals surface area contributed by atoms with E-state index in [1.807, 2.05) is 4.90 Å². The molecule has 6 heteroatoms. The van der Waals surface area contributed by atoms with E-state index >= 15 is 0 Å². The van der Waals surface area contributed by atoms with Gasteiger partial charge in [-0.1, -0.05) is 26.2 Å². The van der Waals surface area contributed by atoms with Crippen molar-refractivity contribution in [1.82, 2.24) is 20.4 Å². The van der Waals surface area contributed by atoms with Gasteiger partial charge in [0.05, 0.1) is 6.54 Å². The minimum absolute atomic E-state index is 0.00580. The monoisotopic (exact) mass is 364 g/mol. The first-order valence-electron chi connectivity index (χ1n) is 10.7. The molecule has 148 valence electrons. The smallest absolute Gasteiger partial charge is 0.315 e. The zero-order chi connectivity index (χ0) is 18.4. The maximum atomic E-state index is 12.5. The van der Waals surface area contributed by atoms with E-state index in [-0.39, 0.29) is 18.0 Å². The minimum atomic E-state index is -0.00580. The molecule has 3 amide bonds. The first kappa shape index (κ1) is 19.5. The summed E-state index contributed by atoms with van der Waals surface area (Å²) in [6.07, 6.45) is 10.2. The molecule has 1 unspecified atom stereocenters. The van der Waals surface area contributed by atoms with Gasteiger partial charge in [-0.25, -0.2) is 4.79 Å². The molecule has 0 radical (unpaired) electrons. The Kier molecular flexibility index (Phi) is 7.17. The van der Waals surface area contributed by atoms with Gasteiger partial charge in [-0.3, -0.25) is 9.69 Å². The summed E-state index contributed by atoms with van der Waals surface area (Å²) in [5.41, 5.74) is 0. The van der Waals surface area contributed by atoms with Crippen molar-refractivity contribution in [2.24, 2.45) is 5.92 Å². The molecule has 0 aromatic carbocycles. The third-order valence-corrected chi connectivity index (χ3v) is 6.23. The summed E-state index contributed by atoms with van der Waals surface area (Å²) in [5, 5.41) is 6.27. The van der Waals surface area contributed by atoms with E-state index in [9.17, 15) is 9.59 Å². The summed E-state index contributed by atoms with van der Waals surface area (Å²) in [6, 6.07) is 0.585. The number of likely N-dealkylation sites (tertiary alicyclic amines) is 2. The second-order valence-corrected chi connectivity index (χ2v) is 8.59. The maximum absolute atomic E-state index is 12.5. The van der Waals surface area contributed by atoms with Crippen LogP contribution in [0.5, 0.6) is 0 Å². The normalized spacial score (nSPS) is 26.5. The molecule has 1 atom stereocenters. The molecule has 3 fully saturated rings. The fourth-order valence-corrected chi connectivity index (χ4v) is 4.60. The molecule has 2 saturated heterocycles. The molecule has 26 heavy (non-hydrogen) atoms. The second-order valence-electron chi connectivity index (χ2n) is 8.59. The van der Waals surface area contributed by atoms with Gasteiger partial charge in [-0.2, -0.15) is 0 Å². The topological polar surface area (TPSA) is 64.7 Å². The third-order valence-electron chi connectivity index (χ3n) is 6.23. The van der Waals surface area contributed by atoms with Crippen LogP contribution in [0.1, 0.15) is 64.7 Å². The molecular weight excluding hydrogens is 328 g/mol. The number of carbonyl (C=O) groups is 2. The number of nitrogens with zero attached hydrogens (tertiary/aromatic N) is 2. The fraction of sp³-hybridized carbons (Fsp3) is 0.900. The van der Waals surface area contributed by atoms with Crippen LogP contribution in [-0.4, -0.2) is 66.5 Å². The van der Waals surface area contributed by atoms with Crippen LogP contribution in [0, 0.1) is 5.92 Å². The predicted octanol–water partition coefficient (Wildman–Crippen LogP) is 2.34. The predicted molar refractivity (Wildman–Crippen MR) is 103 cm³/mol. The van der Waals surface area contributed by atoms with Crippen LogP contribution >= 0.6 is 0 Å². The quantitative estimate of drug-likeness (QED) is 0.805. The SMILES string of the molecule is CC1CCCN(C(=O)CN2CCC(NC(=O)NC3CCCCC3)CC2)C1. The molecule has 1 saturated carbocycles. The molecule has 0 bridgehead atoms. The van der Waals surface area contributed by atoms with E-state index in [1.54, 1.807) is 0 Å². The van der Waals surface area contributed by atoms with Crippen molar-refractivity contribution in [3.8, 4) is 0 Å². The van der Waals surface area contributed by atoms with Gasteiger partial charge in [0.2, 0.25) is 5.91 Å². The van der Waals surface area contributed by atoms with Gasteiger partial charge >= 0.3 is 6.03 Å². The van der Waals surface area contributed by atoms with Crippen molar-refractivity contribution in [2.75, 3.05) is 32.7 Å². The van der Waals surface area contributed by atoms with Crippen LogP contribution in [0.3, 0.4) is 0 Å². The minimum Gasteiger partial charge on any atom is -0.341 e. The van der Waals surface area contributed by atoms with Gasteiger partial charge in [0, 0.05) is 38.3 Å². The zero-order valence-corrected chi connectivity index (χ0v) is 16.3. The van der Waals surface area contributed by atoms with Crippen molar-refractivity contribution in [3.05, 3.63) is 0 Å². The number of carbonyl (C=O) groups excluding carboxylic acids is 2. The Hall–Kier alpha value is -1.30. The third kappa shape index (κ3) is 5.86. The average molecular weight is 365 g/mol. The van der Waals surface area contributed by atoms with E-state index < -0.39 is 0 Å². The highest BCUT2D eigenvalue weighted by atomic mass is 16.2. The number of amides is 3. The maximum Gasteiger partial charge on any atom is 0.315 e. The Morgan fingerprint density at radius 2 is 1.50 bits per heavy atom. The van der Waals surface area contributed by atoms with Gasteiger partial charge in [-0.05, 0) is 44.4 Å². The lowest BCUT2D eigenvalue weighted by molar-refractivity contribution is -0.134. The van der Waals surface area contributed by atoms with Crippen LogP contribution in [0.15, 0.2) is 0 Å². The number of hydrogen-bond donors (Lipinski definition) is 2. The molecule has 3 rings (SSSR count). The lowest BCUT2D eigenvalue weighted by atomic mass is 9.96. The molecule has 2 heterocycles. The van der Waals surface area contributed by atoms with Crippen molar-refractivity contribution in [1.29, 1.82) is 0 Å². The molecule has 2 aliphatic heterocycles. The van der Waals surface area contributed by atoms with Gasteiger partial charge in [0.1, 0.15) is 0 Å². The Labute approximate surface area is 158 Å². The summed E-state index contributed by atoms with van der Waals surface area (Å²) < 4.78 is 0. The standard InChI is InChI=1S/C20H36N4O2/c1-16-6-5-11-24(14-16)19(25)15-23-12-9-18(10-13-23)22-20(26)21-17-7-3-2-4-8-17/h16-18H,2-15H2,1H3,(H2,21,22,26). The van der Waals surface area contributed by atoms with Crippen molar-refractivity contribution in [3.63, 3.8) is 0 Å². The highest BCUT2D eigenvalue weighted by Crippen LogP contribution is 2.18. The van der Waals surface area contributed by atoms with Crippen molar-refractivity contribution in [2.45, 2.75) is 76.8 Å². The molecule has 6 nitrogen and oxygen atoms in total. The van der Waals surface area contributed by atoms with E-state index in [4.69, 9.17) is 0 Å². The summed E-state index contributed by atoms with van der Waals surface area (Å²) in [7, 11) is 0. The number of rotatable bonds is 4. The molecule has 0 spiro atoms. The van der Waals surface area contributed by atoms with Crippen molar-refractivity contribution < 1.29 is 9.59 Å². The van der Waals surface area contributed by atoms with Crippen LogP contribution in [-0.2, 0) is 4.79 Å². The van der Waals surface area contributed by atoms with Crippen LogP contribution in [0.25, 0.3) is 0 Å². The number of urea groups is 1. The van der Waals surface area contributed by atoms with E-state index in [0.717, 1.165) is 58.3 Å². The molecule has 2 N–H and O–H groups in total. The van der Waals surface area contributed by atoms with Gasteiger partial charge < -0.3 is 15.5 Å². The second kappa shape index (κ2) is 9.58. The highest BCUT2D eigenvalue weighted by Gasteiger charge is 2.26. The largest absolute Gasteiger partial charge is 0.341 e. The average Bonchev–Trinajstić information content (AvgIpc) is 2.64. The van der Waals surface area contributed by atoms with Gasteiger partial charge in [-0.15, -0.1) is 0 Å². The summed E-state index contributed by atoms with van der Waals surface area (Å²) >= 11 is 0. The molecule has 0 aromatic heterocycles. The lowest BCUT2D eigenvalue weighted by Gasteiger charge is -2.35. The molecule has 1 aliphatic carbocycles. The fourth-order valence-electron chi connectivity index (χ4n) is 4.60. The first-order valence-corrected chi connectivity index (χ1v) is 10.7. The zero-order valence-electron chi connectivity index (χ0n) is 16.3. The molecule has 0 aromatic rings. The highest BCUT2D eigenvalue weighted by molar-refractivity contribution is 5.78. The Bertz CT molecular complexity index is 470. The van der Waals surface area contributed by atoms with Gasteiger partial charge in [0.15, 0.2) is 0 Å². The van der Waals surface area contributed by atoms with Gasteiger partial charge in [0.25, 0.3) is 0 Å². The van der Waals surface area contributed by atoms with E-state index in [0.29, 0.717) is 18.5 Å². The Balaban J connectivity index is 1.33. The Morgan fingerprint density at radius 3 is 2.15 bits per heavy atom. The number of piperidine rings is 2. The molecule has 3 aliphatic rings. The lowest BCUT2D eigenvalue weighted by Crippen LogP contribution is -2.52. The van der Waals surface area contributed by atoms with Crippen LogP contribution < -0.4 is 10.6 Å². The summed E-state index contributed by atoms with van der Waals surface area (Å²) in [5.74, 6) is 0.906. The Morgan fingerprint density at radius 1 is 0.846 bits per heavy atom. The van der Waals surface area contributed by atoms with Crippen molar-refractivity contribution >= 4 is 11.9 Å². The van der Waals surface area contributed by atoms with E-state index in [2.05, 4.69) is 22.5 Å². The summed E-state index contributed by atoms with van der Waals surface area (Å²) in [4.78, 5) is 29.0. The number of hydrogen-bond acceptors (Lipinski definition) is 3.